The Kier molecular flexibility index (Phi) is 4.83. The molecule has 0 bridgehead atoms. The highest BCUT2D eigenvalue weighted by atomic mass is 19.1. The van der Waals surface area contributed by atoms with Crippen LogP contribution in [-0.2, 0) is 6.54 Å². The van der Waals surface area contributed by atoms with E-state index in [9.17, 15) is 14.3 Å². The largest absolute Gasteiger partial charge is 0.497 e. The smallest absolute Gasteiger partial charge is 0.338 e. The summed E-state index contributed by atoms with van der Waals surface area (Å²) in [5.41, 5.74) is 0.778. The van der Waals surface area contributed by atoms with E-state index < -0.39 is 11.8 Å². The molecule has 0 aliphatic rings. The molecule has 0 amide bonds. The quantitative estimate of drug-likeness (QED) is 0.700. The predicted octanol–water partition coefficient (Wildman–Crippen LogP) is 3.10. The number of carboxylic acids is 1. The van der Waals surface area contributed by atoms with Crippen molar-refractivity contribution in [3.63, 3.8) is 0 Å². The number of methoxy groups -OCH3 is 2. The van der Waals surface area contributed by atoms with E-state index in [1.165, 1.54) is 12.4 Å². The average Bonchev–Trinajstić information content (AvgIpc) is 2.65. The van der Waals surface area contributed by atoms with Crippen LogP contribution in [0.3, 0.4) is 0 Å². The number of halogens is 1. The molecule has 0 radical (unpaired) electrons. The standard InChI is InChI=1S/C18H16FN3O4/c1-25-12-4-3-10(15(7-12)26-2)8-20-17-13-5-11(19)6-14(18(23)24)16(13)21-9-22-17/h3-7,9H,8H2,1-2H3,(H,23,24)(H,20,21,22). The molecule has 0 aliphatic carbocycles. The number of carbonyl (C=O) groups is 1. The Morgan fingerprint density at radius 2 is 2.00 bits per heavy atom. The summed E-state index contributed by atoms with van der Waals surface area (Å²) < 4.78 is 24.3. The molecule has 7 nitrogen and oxygen atoms in total. The van der Waals surface area contributed by atoms with Crippen molar-refractivity contribution in [1.29, 1.82) is 0 Å². The fraction of sp³-hybridized carbons (Fsp3) is 0.167. The number of aromatic nitrogens is 2. The molecule has 3 rings (SSSR count). The molecule has 0 atom stereocenters. The SMILES string of the molecule is COc1ccc(CNc2ncnc3c(C(=O)O)cc(F)cc23)c(OC)c1. The molecular formula is C18H16FN3O4. The monoisotopic (exact) mass is 357 g/mol. The molecule has 0 saturated carbocycles. The van der Waals surface area contributed by atoms with Crippen molar-refractivity contribution in [2.75, 3.05) is 19.5 Å². The van der Waals surface area contributed by atoms with E-state index in [1.54, 1.807) is 26.4 Å². The maximum absolute atomic E-state index is 13.8. The minimum atomic E-state index is -1.25. The second kappa shape index (κ2) is 7.22. The molecule has 2 N–H and O–H groups in total. The molecule has 1 aromatic heterocycles. The van der Waals surface area contributed by atoms with E-state index in [-0.39, 0.29) is 16.5 Å². The fourth-order valence-electron chi connectivity index (χ4n) is 2.61. The predicted molar refractivity (Wildman–Crippen MR) is 93.3 cm³/mol. The van der Waals surface area contributed by atoms with Gasteiger partial charge in [0.1, 0.15) is 29.5 Å². The van der Waals surface area contributed by atoms with Crippen LogP contribution in [0.5, 0.6) is 11.5 Å². The first-order chi connectivity index (χ1) is 12.5. The van der Waals surface area contributed by atoms with Crippen LogP contribution in [0.1, 0.15) is 15.9 Å². The number of nitrogens with one attached hydrogen (secondary N) is 1. The zero-order chi connectivity index (χ0) is 18.7. The Hall–Kier alpha value is -3.42. The first-order valence-corrected chi connectivity index (χ1v) is 7.65. The Bertz CT molecular complexity index is 978. The van der Waals surface area contributed by atoms with Gasteiger partial charge in [-0.15, -0.1) is 0 Å². The Balaban J connectivity index is 1.96. The highest BCUT2D eigenvalue weighted by Crippen LogP contribution is 2.27. The lowest BCUT2D eigenvalue weighted by atomic mass is 10.1. The van der Waals surface area contributed by atoms with Gasteiger partial charge < -0.3 is 19.9 Å². The third-order valence-electron chi connectivity index (χ3n) is 3.87. The molecular weight excluding hydrogens is 341 g/mol. The Labute approximate surface area is 148 Å². The van der Waals surface area contributed by atoms with Crippen LogP contribution in [0.15, 0.2) is 36.7 Å². The molecule has 2 aromatic carbocycles. The summed E-state index contributed by atoms with van der Waals surface area (Å²) in [6.07, 6.45) is 1.24. The van der Waals surface area contributed by atoms with Crippen LogP contribution >= 0.6 is 0 Å². The number of carboxylic acid groups (broad SMARTS) is 1. The van der Waals surface area contributed by atoms with Gasteiger partial charge in [-0.3, -0.25) is 0 Å². The number of anilines is 1. The second-order valence-corrected chi connectivity index (χ2v) is 5.41. The number of rotatable bonds is 6. The first-order valence-electron chi connectivity index (χ1n) is 7.65. The van der Waals surface area contributed by atoms with Crippen molar-refractivity contribution in [3.05, 3.63) is 53.6 Å². The van der Waals surface area contributed by atoms with Crippen molar-refractivity contribution in [1.82, 2.24) is 9.97 Å². The topological polar surface area (TPSA) is 93.6 Å². The highest BCUT2D eigenvalue weighted by molar-refractivity contribution is 6.04. The normalized spacial score (nSPS) is 10.6. The number of hydrogen-bond acceptors (Lipinski definition) is 6. The molecule has 134 valence electrons. The number of ether oxygens (including phenoxy) is 2. The molecule has 0 saturated heterocycles. The summed E-state index contributed by atoms with van der Waals surface area (Å²) in [5, 5.41) is 12.6. The third kappa shape index (κ3) is 3.34. The number of fused-ring (bicyclic) bond motifs is 1. The van der Waals surface area contributed by atoms with Crippen molar-refractivity contribution in [2.24, 2.45) is 0 Å². The van der Waals surface area contributed by atoms with Gasteiger partial charge in [-0.05, 0) is 24.3 Å². The molecule has 3 aromatic rings. The molecule has 8 heteroatoms. The van der Waals surface area contributed by atoms with Gasteiger partial charge in [0.05, 0.1) is 25.3 Å². The molecule has 0 aliphatic heterocycles. The van der Waals surface area contributed by atoms with Crippen molar-refractivity contribution >= 4 is 22.7 Å². The van der Waals surface area contributed by atoms with Crippen LogP contribution in [0, 0.1) is 5.82 Å². The van der Waals surface area contributed by atoms with Gasteiger partial charge in [0, 0.05) is 23.6 Å². The fourth-order valence-corrected chi connectivity index (χ4v) is 2.61. The summed E-state index contributed by atoms with van der Waals surface area (Å²) in [7, 11) is 3.11. The van der Waals surface area contributed by atoms with E-state index in [2.05, 4.69) is 15.3 Å². The van der Waals surface area contributed by atoms with Gasteiger partial charge in [0.15, 0.2) is 0 Å². The average molecular weight is 357 g/mol. The highest BCUT2D eigenvalue weighted by Gasteiger charge is 2.15. The van der Waals surface area contributed by atoms with E-state index in [4.69, 9.17) is 9.47 Å². The molecule has 0 spiro atoms. The van der Waals surface area contributed by atoms with Crippen LogP contribution in [-0.4, -0.2) is 35.3 Å². The maximum Gasteiger partial charge on any atom is 0.338 e. The third-order valence-corrected chi connectivity index (χ3v) is 3.87. The Morgan fingerprint density at radius 1 is 1.19 bits per heavy atom. The molecule has 1 heterocycles. The number of nitrogens with zero attached hydrogens (tertiary/aromatic N) is 2. The minimum Gasteiger partial charge on any atom is -0.497 e. The van der Waals surface area contributed by atoms with Gasteiger partial charge in [0.25, 0.3) is 0 Å². The molecule has 26 heavy (non-hydrogen) atoms. The number of hydrogen-bond donors (Lipinski definition) is 2. The lowest BCUT2D eigenvalue weighted by molar-refractivity contribution is 0.0698. The summed E-state index contributed by atoms with van der Waals surface area (Å²) in [4.78, 5) is 19.4. The lowest BCUT2D eigenvalue weighted by Gasteiger charge is -2.13. The second-order valence-electron chi connectivity index (χ2n) is 5.41. The zero-order valence-corrected chi connectivity index (χ0v) is 14.1. The first kappa shape index (κ1) is 17.4. The summed E-state index contributed by atoms with van der Waals surface area (Å²) in [6, 6.07) is 7.51. The van der Waals surface area contributed by atoms with Crippen LogP contribution in [0.4, 0.5) is 10.2 Å². The van der Waals surface area contributed by atoms with Crippen LogP contribution in [0.2, 0.25) is 0 Å². The molecule has 0 unspecified atom stereocenters. The van der Waals surface area contributed by atoms with Crippen LogP contribution < -0.4 is 14.8 Å². The van der Waals surface area contributed by atoms with E-state index in [1.807, 2.05) is 6.07 Å². The van der Waals surface area contributed by atoms with Gasteiger partial charge in [-0.2, -0.15) is 0 Å². The van der Waals surface area contributed by atoms with Gasteiger partial charge >= 0.3 is 5.97 Å². The summed E-state index contributed by atoms with van der Waals surface area (Å²) >= 11 is 0. The van der Waals surface area contributed by atoms with E-state index in [0.717, 1.165) is 11.6 Å². The maximum atomic E-state index is 13.8. The number of benzene rings is 2. The van der Waals surface area contributed by atoms with Gasteiger partial charge in [-0.25, -0.2) is 19.2 Å². The van der Waals surface area contributed by atoms with Gasteiger partial charge in [-0.1, -0.05) is 0 Å². The van der Waals surface area contributed by atoms with Crippen molar-refractivity contribution < 1.29 is 23.8 Å². The van der Waals surface area contributed by atoms with E-state index in [0.29, 0.717) is 23.9 Å². The minimum absolute atomic E-state index is 0.165. The zero-order valence-electron chi connectivity index (χ0n) is 14.1. The summed E-state index contributed by atoms with van der Waals surface area (Å²) in [6.45, 7) is 0.332. The van der Waals surface area contributed by atoms with Crippen molar-refractivity contribution in [2.45, 2.75) is 6.54 Å². The molecule has 0 fully saturated rings. The lowest BCUT2D eigenvalue weighted by Crippen LogP contribution is -2.06. The van der Waals surface area contributed by atoms with Gasteiger partial charge in [0.2, 0.25) is 0 Å². The summed E-state index contributed by atoms with van der Waals surface area (Å²) in [5.74, 6) is -0.320. The van der Waals surface area contributed by atoms with E-state index >= 15 is 0 Å². The van der Waals surface area contributed by atoms with Crippen molar-refractivity contribution in [3.8, 4) is 11.5 Å². The number of aromatic carboxylic acids is 1. The Morgan fingerprint density at radius 3 is 2.69 bits per heavy atom. The van der Waals surface area contributed by atoms with Crippen LogP contribution in [0.25, 0.3) is 10.9 Å².